The summed E-state index contributed by atoms with van der Waals surface area (Å²) in [6.45, 7) is 2.53. The summed E-state index contributed by atoms with van der Waals surface area (Å²) in [7, 11) is 0. The molecule has 6 nitrogen and oxygen atoms in total. The van der Waals surface area contributed by atoms with Crippen molar-refractivity contribution in [2.45, 2.75) is 32.8 Å². The number of pyridine rings is 1. The average molecular weight is 436 g/mol. The normalized spacial score (nSPS) is 13.4. The van der Waals surface area contributed by atoms with Gasteiger partial charge in [-0.2, -0.15) is 5.10 Å². The van der Waals surface area contributed by atoms with Gasteiger partial charge in [-0.3, -0.25) is 9.59 Å². The van der Waals surface area contributed by atoms with E-state index in [9.17, 15) is 9.59 Å². The number of nitrogens with zero attached hydrogens (tertiary/aromatic N) is 3. The van der Waals surface area contributed by atoms with E-state index in [-0.39, 0.29) is 25.4 Å². The van der Waals surface area contributed by atoms with Crippen molar-refractivity contribution in [2.75, 3.05) is 6.54 Å². The van der Waals surface area contributed by atoms with Gasteiger partial charge in [-0.15, -0.1) is 0 Å². The second-order valence-corrected chi connectivity index (χ2v) is 7.83. The first-order valence-corrected chi connectivity index (χ1v) is 10.5. The predicted octanol–water partition coefficient (Wildman–Crippen LogP) is 4.66. The number of amides is 1. The molecule has 7 heteroatoms. The smallest absolute Gasteiger partial charge is 0.306 e. The first kappa shape index (κ1) is 21.0. The number of carbonyl (C=O) groups is 2. The van der Waals surface area contributed by atoms with Gasteiger partial charge in [0.15, 0.2) is 0 Å². The lowest BCUT2D eigenvalue weighted by molar-refractivity contribution is -0.147. The van der Waals surface area contributed by atoms with Crippen LogP contribution in [0.25, 0.3) is 10.9 Å². The number of hydrogen-bond donors (Lipinski definition) is 0. The van der Waals surface area contributed by atoms with E-state index in [0.29, 0.717) is 23.7 Å². The molecule has 0 N–H and O–H groups in total. The molecule has 0 unspecified atom stereocenters. The molecule has 1 aliphatic rings. The molecule has 0 saturated heterocycles. The number of rotatable bonds is 6. The zero-order chi connectivity index (χ0) is 21.8. The zero-order valence-corrected chi connectivity index (χ0v) is 17.9. The first-order valence-electron chi connectivity index (χ1n) is 10.1. The Hall–Kier alpha value is -3.25. The summed E-state index contributed by atoms with van der Waals surface area (Å²) in [5.41, 5.74) is 4.41. The second-order valence-electron chi connectivity index (χ2n) is 7.47. The van der Waals surface area contributed by atoms with Crippen LogP contribution in [0.1, 0.15) is 36.0 Å². The van der Waals surface area contributed by atoms with Crippen LogP contribution in [-0.4, -0.2) is 34.1 Å². The van der Waals surface area contributed by atoms with Crippen molar-refractivity contribution in [3.63, 3.8) is 0 Å². The maximum Gasteiger partial charge on any atom is 0.306 e. The van der Waals surface area contributed by atoms with Gasteiger partial charge >= 0.3 is 5.97 Å². The number of fused-ring (bicyclic) bond motifs is 1. The van der Waals surface area contributed by atoms with Gasteiger partial charge in [-0.1, -0.05) is 54.1 Å². The molecular weight excluding hydrogens is 414 g/mol. The van der Waals surface area contributed by atoms with Crippen LogP contribution in [0.3, 0.4) is 0 Å². The highest BCUT2D eigenvalue weighted by atomic mass is 35.5. The molecule has 2 heterocycles. The quantitative estimate of drug-likeness (QED) is 0.417. The van der Waals surface area contributed by atoms with Crippen molar-refractivity contribution in [3.05, 3.63) is 76.4 Å². The standard InChI is InChI=1S/C24H22ClN3O3/c1-16-7-8-18-14-19(24(25)26-21(18)13-16)15-31-23(30)10-9-22(29)28-12-11-20(27-28)17-5-3-2-4-6-17/h2-8,13-14H,9-12,15H2,1H3. The van der Waals surface area contributed by atoms with Crippen LogP contribution in [-0.2, 0) is 20.9 Å². The molecule has 1 amide bonds. The molecule has 4 rings (SSSR count). The molecule has 0 aliphatic carbocycles. The van der Waals surface area contributed by atoms with E-state index in [1.54, 1.807) is 0 Å². The minimum absolute atomic E-state index is 0.0106. The molecule has 0 spiro atoms. The van der Waals surface area contributed by atoms with E-state index in [1.807, 2.05) is 61.5 Å². The highest BCUT2D eigenvalue weighted by Gasteiger charge is 2.22. The van der Waals surface area contributed by atoms with Crippen molar-refractivity contribution in [1.29, 1.82) is 0 Å². The van der Waals surface area contributed by atoms with Crippen LogP contribution in [0, 0.1) is 6.92 Å². The minimum Gasteiger partial charge on any atom is -0.461 e. The third-order valence-electron chi connectivity index (χ3n) is 5.13. The zero-order valence-electron chi connectivity index (χ0n) is 17.2. The lowest BCUT2D eigenvalue weighted by Crippen LogP contribution is -2.24. The van der Waals surface area contributed by atoms with Crippen molar-refractivity contribution < 1.29 is 14.3 Å². The molecule has 2 aromatic carbocycles. The van der Waals surface area contributed by atoms with Crippen molar-refractivity contribution in [2.24, 2.45) is 5.10 Å². The summed E-state index contributed by atoms with van der Waals surface area (Å²) in [5.74, 6) is -0.650. The fourth-order valence-corrected chi connectivity index (χ4v) is 3.64. The number of halogens is 1. The van der Waals surface area contributed by atoms with Gasteiger partial charge < -0.3 is 4.74 Å². The highest BCUT2D eigenvalue weighted by molar-refractivity contribution is 6.30. The Kier molecular flexibility index (Phi) is 6.28. The van der Waals surface area contributed by atoms with Gasteiger partial charge in [-0.05, 0) is 30.2 Å². The number of aryl methyl sites for hydroxylation is 1. The van der Waals surface area contributed by atoms with Crippen LogP contribution < -0.4 is 0 Å². The Labute approximate surface area is 185 Å². The van der Waals surface area contributed by atoms with E-state index in [0.717, 1.165) is 27.7 Å². The number of ether oxygens (including phenoxy) is 1. The molecule has 31 heavy (non-hydrogen) atoms. The van der Waals surface area contributed by atoms with Crippen LogP contribution >= 0.6 is 11.6 Å². The van der Waals surface area contributed by atoms with E-state index < -0.39 is 5.97 Å². The largest absolute Gasteiger partial charge is 0.461 e. The number of esters is 1. The fourth-order valence-electron chi connectivity index (χ4n) is 3.44. The Morgan fingerprint density at radius 3 is 2.71 bits per heavy atom. The molecule has 0 fully saturated rings. The Morgan fingerprint density at radius 1 is 1.10 bits per heavy atom. The van der Waals surface area contributed by atoms with Gasteiger partial charge in [0.1, 0.15) is 11.8 Å². The van der Waals surface area contributed by atoms with Crippen LogP contribution in [0.5, 0.6) is 0 Å². The molecule has 0 radical (unpaired) electrons. The summed E-state index contributed by atoms with van der Waals surface area (Å²) in [6, 6.07) is 17.5. The molecule has 0 saturated carbocycles. The van der Waals surface area contributed by atoms with E-state index in [2.05, 4.69) is 10.1 Å². The van der Waals surface area contributed by atoms with Crippen LogP contribution in [0.4, 0.5) is 0 Å². The van der Waals surface area contributed by atoms with Gasteiger partial charge in [0.2, 0.25) is 5.91 Å². The lowest BCUT2D eigenvalue weighted by Gasteiger charge is -2.11. The highest BCUT2D eigenvalue weighted by Crippen LogP contribution is 2.22. The van der Waals surface area contributed by atoms with E-state index in [1.165, 1.54) is 5.01 Å². The van der Waals surface area contributed by atoms with Crippen LogP contribution in [0.15, 0.2) is 59.7 Å². The number of hydrazone groups is 1. The molecule has 1 aromatic heterocycles. The van der Waals surface area contributed by atoms with Crippen molar-refractivity contribution in [1.82, 2.24) is 9.99 Å². The summed E-state index contributed by atoms with van der Waals surface area (Å²) >= 11 is 6.24. The second kappa shape index (κ2) is 9.27. The summed E-state index contributed by atoms with van der Waals surface area (Å²) in [5, 5.41) is 7.07. The molecule has 158 valence electrons. The molecular formula is C24H22ClN3O3. The summed E-state index contributed by atoms with van der Waals surface area (Å²) < 4.78 is 5.32. The molecule has 0 atom stereocenters. The van der Waals surface area contributed by atoms with Crippen molar-refractivity contribution in [3.8, 4) is 0 Å². The molecule has 3 aromatic rings. The monoisotopic (exact) mass is 435 g/mol. The number of carbonyl (C=O) groups excluding carboxylic acids is 2. The van der Waals surface area contributed by atoms with Crippen LogP contribution in [0.2, 0.25) is 5.15 Å². The Balaban J connectivity index is 1.29. The molecule has 0 bridgehead atoms. The SMILES string of the molecule is Cc1ccc2cc(COC(=O)CCC(=O)N3CCC(c4ccccc4)=N3)c(Cl)nc2c1. The average Bonchev–Trinajstić information content (AvgIpc) is 3.27. The van der Waals surface area contributed by atoms with Gasteiger partial charge in [0, 0.05) is 23.8 Å². The topological polar surface area (TPSA) is 71.9 Å². The van der Waals surface area contributed by atoms with Gasteiger partial charge in [0.25, 0.3) is 0 Å². The minimum atomic E-state index is -0.458. The predicted molar refractivity (Wildman–Crippen MR) is 120 cm³/mol. The third-order valence-corrected chi connectivity index (χ3v) is 5.45. The maximum absolute atomic E-state index is 12.4. The first-order chi connectivity index (χ1) is 15.0. The number of aromatic nitrogens is 1. The number of hydrogen-bond acceptors (Lipinski definition) is 5. The fraction of sp³-hybridized carbons (Fsp3) is 0.250. The lowest BCUT2D eigenvalue weighted by atomic mass is 10.1. The Bertz CT molecular complexity index is 1160. The van der Waals surface area contributed by atoms with Crippen molar-refractivity contribution >= 4 is 40.1 Å². The third kappa shape index (κ3) is 5.09. The summed E-state index contributed by atoms with van der Waals surface area (Å²) in [6.07, 6.45) is 0.740. The molecule has 1 aliphatic heterocycles. The van der Waals surface area contributed by atoms with Gasteiger partial charge in [0.05, 0.1) is 24.2 Å². The maximum atomic E-state index is 12.4. The van der Waals surface area contributed by atoms with E-state index in [4.69, 9.17) is 16.3 Å². The number of benzene rings is 2. The summed E-state index contributed by atoms with van der Waals surface area (Å²) in [4.78, 5) is 28.9. The van der Waals surface area contributed by atoms with E-state index >= 15 is 0 Å². The van der Waals surface area contributed by atoms with Gasteiger partial charge in [-0.25, -0.2) is 9.99 Å². The Morgan fingerprint density at radius 2 is 1.90 bits per heavy atom.